The maximum Gasteiger partial charge on any atom is 0.313 e. The van der Waals surface area contributed by atoms with Gasteiger partial charge in [-0.3, -0.25) is 9.59 Å². The molecule has 0 radical (unpaired) electrons. The molecule has 0 saturated carbocycles. The van der Waals surface area contributed by atoms with Gasteiger partial charge >= 0.3 is 11.8 Å². The molecule has 3 heterocycles. The number of hydrogen-bond donors (Lipinski definition) is 2. The largest absolute Gasteiger partial charge is 0.383 e. The number of amides is 2. The van der Waals surface area contributed by atoms with E-state index in [1.165, 1.54) is 6.20 Å². The zero-order chi connectivity index (χ0) is 19.6. The van der Waals surface area contributed by atoms with Crippen molar-refractivity contribution in [3.8, 4) is 0 Å². The number of aryl methyl sites for hydroxylation is 1. The van der Waals surface area contributed by atoms with Gasteiger partial charge in [-0.05, 0) is 76.2 Å². The molecule has 0 unspecified atom stereocenters. The van der Waals surface area contributed by atoms with Crippen molar-refractivity contribution in [2.45, 2.75) is 45.6 Å². The number of pyridine rings is 1. The van der Waals surface area contributed by atoms with Gasteiger partial charge in [-0.1, -0.05) is 6.92 Å². The van der Waals surface area contributed by atoms with Crippen molar-refractivity contribution in [1.82, 2.24) is 14.8 Å². The number of rotatable bonds is 2. The number of carbonyl (C=O) groups excluding carboxylic acids is 2. The molecule has 7 heteroatoms. The molecular weight excluding hydrogens is 342 g/mol. The highest BCUT2D eigenvalue weighted by Crippen LogP contribution is 2.32. The molecule has 2 aliphatic rings. The Hall–Kier alpha value is -2.15. The number of nitrogen functional groups attached to an aromatic ring is 1. The summed E-state index contributed by atoms with van der Waals surface area (Å²) in [6.07, 6.45) is 5.76. The van der Waals surface area contributed by atoms with Gasteiger partial charge in [0.05, 0.1) is 11.9 Å². The lowest BCUT2D eigenvalue weighted by Gasteiger charge is -2.44. The number of hydrogen-bond acceptors (Lipinski definition) is 5. The van der Waals surface area contributed by atoms with Gasteiger partial charge < -0.3 is 20.9 Å². The molecule has 0 aromatic carbocycles. The lowest BCUT2D eigenvalue weighted by atomic mass is 9.81. The molecule has 2 amide bonds. The summed E-state index contributed by atoms with van der Waals surface area (Å²) in [5.41, 5.74) is 6.99. The molecule has 2 saturated heterocycles. The molecule has 0 aliphatic carbocycles. The molecule has 27 heavy (non-hydrogen) atoms. The minimum Gasteiger partial charge on any atom is -0.383 e. The fourth-order valence-corrected chi connectivity index (χ4v) is 4.28. The van der Waals surface area contributed by atoms with Gasteiger partial charge in [-0.15, -0.1) is 0 Å². The molecule has 7 nitrogen and oxygen atoms in total. The van der Waals surface area contributed by atoms with Crippen molar-refractivity contribution in [2.75, 3.05) is 37.7 Å². The quantitative estimate of drug-likeness (QED) is 0.773. The number of nitrogens with two attached hydrogens (primary N) is 1. The third-order valence-corrected chi connectivity index (χ3v) is 6.00. The first-order valence-electron chi connectivity index (χ1n) is 9.87. The summed E-state index contributed by atoms with van der Waals surface area (Å²) in [5.74, 6) is 0.301. The molecule has 1 aromatic heterocycles. The molecule has 2 fully saturated rings. The maximum absolute atomic E-state index is 13.0. The maximum atomic E-state index is 13.0. The Kier molecular flexibility index (Phi) is 5.99. The number of piperidine rings is 2. The van der Waals surface area contributed by atoms with E-state index < -0.39 is 11.8 Å². The molecule has 148 valence electrons. The zero-order valence-corrected chi connectivity index (χ0v) is 16.6. The minimum atomic E-state index is -0.590. The van der Waals surface area contributed by atoms with E-state index in [0.29, 0.717) is 29.9 Å². The number of carbonyl (C=O) groups is 2. The average Bonchev–Trinajstić information content (AvgIpc) is 2.65. The van der Waals surface area contributed by atoms with E-state index >= 15 is 0 Å². The molecule has 0 bridgehead atoms. The number of nitrogens with zero attached hydrogens (tertiary/aromatic N) is 3. The van der Waals surface area contributed by atoms with Crippen LogP contribution in [0.25, 0.3) is 0 Å². The fraction of sp³-hybridized carbons (Fsp3) is 0.650. The highest BCUT2D eigenvalue weighted by atomic mass is 16.2. The number of likely N-dealkylation sites (tertiary alicyclic amines) is 2. The van der Waals surface area contributed by atoms with Crippen molar-refractivity contribution >= 4 is 23.3 Å². The van der Waals surface area contributed by atoms with Crippen LogP contribution in [0.5, 0.6) is 0 Å². The number of nitrogens with one attached hydrogen (secondary N) is 1. The van der Waals surface area contributed by atoms with Crippen molar-refractivity contribution in [3.05, 3.63) is 17.8 Å². The summed E-state index contributed by atoms with van der Waals surface area (Å²) < 4.78 is 0. The zero-order valence-electron chi connectivity index (χ0n) is 16.6. The molecule has 2 atom stereocenters. The van der Waals surface area contributed by atoms with E-state index in [9.17, 15) is 9.59 Å². The van der Waals surface area contributed by atoms with Crippen molar-refractivity contribution in [1.29, 1.82) is 0 Å². The van der Waals surface area contributed by atoms with Crippen LogP contribution < -0.4 is 11.1 Å². The topological polar surface area (TPSA) is 91.6 Å². The van der Waals surface area contributed by atoms with Crippen LogP contribution in [0.3, 0.4) is 0 Å². The molecule has 3 rings (SSSR count). The minimum absolute atomic E-state index is 0.166. The first-order chi connectivity index (χ1) is 12.8. The second-order valence-corrected chi connectivity index (χ2v) is 8.23. The summed E-state index contributed by atoms with van der Waals surface area (Å²) in [7, 11) is 2.14. The van der Waals surface area contributed by atoms with Crippen LogP contribution in [0.4, 0.5) is 11.5 Å². The Morgan fingerprint density at radius 2 is 1.93 bits per heavy atom. The predicted octanol–water partition coefficient (Wildman–Crippen LogP) is 1.88. The van der Waals surface area contributed by atoms with Crippen LogP contribution in [0, 0.1) is 18.8 Å². The Balaban J connectivity index is 1.70. The molecule has 2 aliphatic heterocycles. The van der Waals surface area contributed by atoms with Crippen LogP contribution in [-0.2, 0) is 9.59 Å². The van der Waals surface area contributed by atoms with E-state index in [4.69, 9.17) is 5.73 Å². The predicted molar refractivity (Wildman–Crippen MR) is 106 cm³/mol. The summed E-state index contributed by atoms with van der Waals surface area (Å²) in [5, 5.41) is 2.70. The summed E-state index contributed by atoms with van der Waals surface area (Å²) in [6.45, 7) is 6.74. The summed E-state index contributed by atoms with van der Waals surface area (Å²) in [6, 6.07) is 1.90. The molecule has 3 N–H and O–H groups in total. The normalized spacial score (nSPS) is 24.6. The standard InChI is InChI=1S/C20H31N5O2/c1-13-4-5-17(15-6-8-24(3)9-7-15)25(12-13)20(27)19(26)23-16-10-14(2)18(21)22-11-16/h10-11,13,15,17H,4-9,12H2,1-3H3,(H2,21,22)(H,23,26)/t13-,17+/m0/s1. The first kappa shape index (κ1) is 19.6. The van der Waals surface area contributed by atoms with Gasteiger partial charge in [0.1, 0.15) is 5.82 Å². The number of aromatic nitrogens is 1. The van der Waals surface area contributed by atoms with Crippen LogP contribution in [0.2, 0.25) is 0 Å². The third-order valence-electron chi connectivity index (χ3n) is 6.00. The van der Waals surface area contributed by atoms with Gasteiger partial charge in [0.25, 0.3) is 0 Å². The monoisotopic (exact) mass is 373 g/mol. The van der Waals surface area contributed by atoms with Crippen molar-refractivity contribution in [2.24, 2.45) is 11.8 Å². The lowest BCUT2D eigenvalue weighted by molar-refractivity contribution is -0.148. The van der Waals surface area contributed by atoms with Gasteiger partial charge in [0.15, 0.2) is 0 Å². The molecule has 1 aromatic rings. The summed E-state index contributed by atoms with van der Waals surface area (Å²) in [4.78, 5) is 33.8. The smallest absolute Gasteiger partial charge is 0.313 e. The van der Waals surface area contributed by atoms with Gasteiger partial charge in [0.2, 0.25) is 0 Å². The van der Waals surface area contributed by atoms with E-state index in [1.807, 2.05) is 11.8 Å². The second kappa shape index (κ2) is 8.25. The SMILES string of the molecule is Cc1cc(NC(=O)C(=O)N2C[C@@H](C)CC[C@@H]2C2CCN(C)CC2)cnc1N. The van der Waals surface area contributed by atoms with Gasteiger partial charge in [-0.25, -0.2) is 4.98 Å². The van der Waals surface area contributed by atoms with Crippen LogP contribution in [-0.4, -0.2) is 59.3 Å². The first-order valence-corrected chi connectivity index (χ1v) is 9.87. The van der Waals surface area contributed by atoms with E-state index in [-0.39, 0.29) is 6.04 Å². The average molecular weight is 374 g/mol. The lowest BCUT2D eigenvalue weighted by Crippen LogP contribution is -2.54. The Morgan fingerprint density at radius 1 is 1.22 bits per heavy atom. The van der Waals surface area contributed by atoms with Crippen LogP contribution >= 0.6 is 0 Å². The highest BCUT2D eigenvalue weighted by Gasteiger charge is 2.38. The third kappa shape index (κ3) is 4.58. The molecular formula is C20H31N5O2. The Bertz CT molecular complexity index is 700. The van der Waals surface area contributed by atoms with Crippen molar-refractivity contribution in [3.63, 3.8) is 0 Å². The highest BCUT2D eigenvalue weighted by molar-refractivity contribution is 6.39. The van der Waals surface area contributed by atoms with Gasteiger partial charge in [0, 0.05) is 12.6 Å². The van der Waals surface area contributed by atoms with Crippen LogP contribution in [0.1, 0.15) is 38.2 Å². The second-order valence-electron chi connectivity index (χ2n) is 8.23. The number of anilines is 2. The van der Waals surface area contributed by atoms with Crippen LogP contribution in [0.15, 0.2) is 12.3 Å². The molecule has 0 spiro atoms. The van der Waals surface area contributed by atoms with E-state index in [0.717, 1.165) is 44.3 Å². The van der Waals surface area contributed by atoms with E-state index in [1.54, 1.807) is 6.07 Å². The Morgan fingerprint density at radius 3 is 2.59 bits per heavy atom. The van der Waals surface area contributed by atoms with Crippen molar-refractivity contribution < 1.29 is 9.59 Å². The fourth-order valence-electron chi connectivity index (χ4n) is 4.28. The van der Waals surface area contributed by atoms with Gasteiger partial charge in [-0.2, -0.15) is 0 Å². The Labute approximate surface area is 161 Å². The van der Waals surface area contributed by atoms with E-state index in [2.05, 4.69) is 29.2 Å². The summed E-state index contributed by atoms with van der Waals surface area (Å²) >= 11 is 0.